The van der Waals surface area contributed by atoms with E-state index in [1.165, 1.54) is 17.8 Å². The highest BCUT2D eigenvalue weighted by molar-refractivity contribution is 7.98. The van der Waals surface area contributed by atoms with Gasteiger partial charge in [-0.3, -0.25) is 4.79 Å². The van der Waals surface area contributed by atoms with E-state index in [9.17, 15) is 9.18 Å². The van der Waals surface area contributed by atoms with E-state index in [-0.39, 0.29) is 22.6 Å². The molecule has 1 aromatic rings. The second-order valence-electron chi connectivity index (χ2n) is 9.43. The molecule has 0 spiro atoms. The SMILES string of the molecule is BC1(CCOc2ccc(SC)c(F)c2)CC1(N)C1CCN(C(=O)CC(C)C)CC1. The summed E-state index contributed by atoms with van der Waals surface area (Å²) in [4.78, 5) is 14.9. The zero-order chi connectivity index (χ0) is 21.2. The zero-order valence-corrected chi connectivity index (χ0v) is 19.0. The Morgan fingerprint density at radius 3 is 2.69 bits per heavy atom. The molecule has 1 aliphatic heterocycles. The number of amides is 1. The highest BCUT2D eigenvalue weighted by atomic mass is 32.2. The Labute approximate surface area is 179 Å². The molecule has 2 fully saturated rings. The Morgan fingerprint density at radius 1 is 1.41 bits per heavy atom. The van der Waals surface area contributed by atoms with Crippen molar-refractivity contribution >= 4 is 25.5 Å². The van der Waals surface area contributed by atoms with Gasteiger partial charge in [0.25, 0.3) is 0 Å². The number of hydrogen-bond acceptors (Lipinski definition) is 4. The molecule has 1 saturated heterocycles. The summed E-state index contributed by atoms with van der Waals surface area (Å²) in [5.74, 6) is 1.46. The Balaban J connectivity index is 1.47. The number of carbonyl (C=O) groups excluding carboxylic acids is 1. The maximum Gasteiger partial charge on any atom is 0.222 e. The third-order valence-electron chi connectivity index (χ3n) is 6.89. The van der Waals surface area contributed by atoms with Crippen LogP contribution in [0.1, 0.15) is 46.0 Å². The minimum absolute atomic E-state index is 0.0551. The summed E-state index contributed by atoms with van der Waals surface area (Å²) < 4.78 is 19.7. The van der Waals surface area contributed by atoms with Crippen molar-refractivity contribution in [2.75, 3.05) is 26.0 Å². The number of benzene rings is 1. The largest absolute Gasteiger partial charge is 0.493 e. The van der Waals surface area contributed by atoms with Gasteiger partial charge in [-0.2, -0.15) is 0 Å². The van der Waals surface area contributed by atoms with Crippen LogP contribution >= 0.6 is 11.8 Å². The summed E-state index contributed by atoms with van der Waals surface area (Å²) in [7, 11) is 2.24. The lowest BCUT2D eigenvalue weighted by molar-refractivity contribution is -0.133. The normalized spacial score (nSPS) is 27.3. The first-order valence-electron chi connectivity index (χ1n) is 10.7. The van der Waals surface area contributed by atoms with Crippen molar-refractivity contribution in [3.63, 3.8) is 0 Å². The van der Waals surface area contributed by atoms with Crippen molar-refractivity contribution in [1.82, 2.24) is 4.90 Å². The number of hydrogen-bond donors (Lipinski definition) is 1. The van der Waals surface area contributed by atoms with Crippen LogP contribution in [-0.2, 0) is 4.79 Å². The average molecular weight is 420 g/mol. The lowest BCUT2D eigenvalue weighted by Gasteiger charge is -2.37. The van der Waals surface area contributed by atoms with Crippen LogP contribution in [0.5, 0.6) is 5.75 Å². The monoisotopic (exact) mass is 420 g/mol. The van der Waals surface area contributed by atoms with Gasteiger partial charge in [-0.25, -0.2) is 4.39 Å². The molecule has 1 saturated carbocycles. The fourth-order valence-corrected chi connectivity index (χ4v) is 5.27. The van der Waals surface area contributed by atoms with Crippen LogP contribution < -0.4 is 10.5 Å². The van der Waals surface area contributed by atoms with Crippen molar-refractivity contribution in [3.8, 4) is 5.75 Å². The maximum atomic E-state index is 13.9. The Kier molecular flexibility index (Phi) is 6.89. The highest BCUT2D eigenvalue weighted by Crippen LogP contribution is 2.66. The first-order chi connectivity index (χ1) is 13.7. The molecule has 2 unspecified atom stereocenters. The topological polar surface area (TPSA) is 55.6 Å². The first kappa shape index (κ1) is 22.5. The molecular formula is C22H34BFN2O2S. The summed E-state index contributed by atoms with van der Waals surface area (Å²) in [5, 5.41) is 0.0551. The van der Waals surface area contributed by atoms with Gasteiger partial charge in [-0.05, 0) is 61.2 Å². The van der Waals surface area contributed by atoms with Gasteiger partial charge in [0.2, 0.25) is 5.91 Å². The summed E-state index contributed by atoms with van der Waals surface area (Å²) in [6, 6.07) is 5.04. The molecule has 2 N–H and O–H groups in total. The standard InChI is InChI=1S/C22H34BFN2O2S/c1-15(2)12-20(27)26-9-6-16(7-10-26)22(25)14-21(22,23)8-11-28-17-4-5-19(29-3)18(24)13-17/h4-5,13,15-16H,6-12,14,23,25H2,1-3H3. The van der Waals surface area contributed by atoms with Gasteiger partial charge in [0.05, 0.1) is 6.61 Å². The van der Waals surface area contributed by atoms with E-state index in [0.717, 1.165) is 38.8 Å². The number of halogens is 1. The summed E-state index contributed by atoms with van der Waals surface area (Å²) in [5.41, 5.74) is 6.65. The van der Waals surface area contributed by atoms with E-state index < -0.39 is 0 Å². The van der Waals surface area contributed by atoms with E-state index in [4.69, 9.17) is 10.5 Å². The number of carbonyl (C=O) groups is 1. The summed E-state index contributed by atoms with van der Waals surface area (Å²) in [6.07, 6.45) is 6.32. The van der Waals surface area contributed by atoms with Gasteiger partial charge in [0.15, 0.2) is 0 Å². The minimum atomic E-state index is -0.237. The van der Waals surface area contributed by atoms with Gasteiger partial charge in [0.1, 0.15) is 19.4 Å². The van der Waals surface area contributed by atoms with Crippen molar-refractivity contribution in [2.24, 2.45) is 17.6 Å². The Bertz CT molecular complexity index is 742. The fourth-order valence-electron chi connectivity index (χ4n) is 4.81. The molecule has 1 amide bonds. The molecule has 4 nitrogen and oxygen atoms in total. The molecule has 29 heavy (non-hydrogen) atoms. The molecule has 3 rings (SSSR count). The molecule has 7 heteroatoms. The maximum absolute atomic E-state index is 13.9. The van der Waals surface area contributed by atoms with Crippen LogP contribution in [0.3, 0.4) is 0 Å². The van der Waals surface area contributed by atoms with E-state index in [2.05, 4.69) is 21.7 Å². The highest BCUT2D eigenvalue weighted by Gasteiger charge is 2.64. The number of ether oxygens (including phenoxy) is 1. The van der Waals surface area contributed by atoms with Gasteiger partial charge < -0.3 is 15.4 Å². The second kappa shape index (κ2) is 8.89. The molecule has 1 aliphatic carbocycles. The summed E-state index contributed by atoms with van der Waals surface area (Å²) >= 11 is 1.39. The average Bonchev–Trinajstić information content (AvgIpc) is 3.23. The molecule has 2 aliphatic rings. The van der Waals surface area contributed by atoms with Crippen molar-refractivity contribution in [3.05, 3.63) is 24.0 Å². The van der Waals surface area contributed by atoms with Crippen molar-refractivity contribution in [2.45, 2.75) is 61.7 Å². The van der Waals surface area contributed by atoms with Gasteiger partial charge in [-0.1, -0.05) is 13.8 Å². The number of nitrogens with zero attached hydrogens (tertiary/aromatic N) is 1. The van der Waals surface area contributed by atoms with Crippen molar-refractivity contribution in [1.29, 1.82) is 0 Å². The summed E-state index contributed by atoms with van der Waals surface area (Å²) in [6.45, 7) is 6.36. The first-order valence-corrected chi connectivity index (χ1v) is 11.9. The number of likely N-dealkylation sites (tertiary alicyclic amines) is 1. The quantitative estimate of drug-likeness (QED) is 0.517. The molecule has 1 aromatic carbocycles. The zero-order valence-electron chi connectivity index (χ0n) is 18.2. The van der Waals surface area contributed by atoms with Crippen LogP contribution in [0.15, 0.2) is 23.1 Å². The van der Waals surface area contributed by atoms with Crippen molar-refractivity contribution < 1.29 is 13.9 Å². The molecule has 1 heterocycles. The van der Waals surface area contributed by atoms with Gasteiger partial charge >= 0.3 is 0 Å². The third-order valence-corrected chi connectivity index (χ3v) is 7.66. The molecule has 0 aromatic heterocycles. The number of piperidine rings is 1. The number of thioether (sulfide) groups is 1. The van der Waals surface area contributed by atoms with E-state index >= 15 is 0 Å². The van der Waals surface area contributed by atoms with E-state index in [0.29, 0.717) is 35.5 Å². The van der Waals surface area contributed by atoms with E-state index in [1.54, 1.807) is 6.07 Å². The fraction of sp³-hybridized carbons (Fsp3) is 0.682. The van der Waals surface area contributed by atoms with Gasteiger partial charge in [0, 0.05) is 36.0 Å². The molecule has 2 atom stereocenters. The molecule has 0 bridgehead atoms. The molecule has 0 radical (unpaired) electrons. The number of nitrogens with two attached hydrogens (primary N) is 1. The third kappa shape index (κ3) is 4.93. The Morgan fingerprint density at radius 2 is 2.10 bits per heavy atom. The van der Waals surface area contributed by atoms with Crippen LogP contribution in [0.2, 0.25) is 5.31 Å². The lowest BCUT2D eigenvalue weighted by atomic mass is 9.71. The smallest absolute Gasteiger partial charge is 0.222 e. The van der Waals surface area contributed by atoms with Gasteiger partial charge in [-0.15, -0.1) is 11.8 Å². The lowest BCUT2D eigenvalue weighted by Crippen LogP contribution is -2.46. The second-order valence-corrected chi connectivity index (χ2v) is 10.3. The molecule has 160 valence electrons. The Hall–Kier alpha value is -1.21. The van der Waals surface area contributed by atoms with Crippen LogP contribution in [0.25, 0.3) is 0 Å². The number of rotatable bonds is 8. The van der Waals surface area contributed by atoms with E-state index in [1.807, 2.05) is 17.2 Å². The van der Waals surface area contributed by atoms with Crippen LogP contribution in [0, 0.1) is 17.7 Å². The predicted octanol–water partition coefficient (Wildman–Crippen LogP) is 3.49. The van der Waals surface area contributed by atoms with Crippen LogP contribution in [-0.4, -0.2) is 50.1 Å². The molecular weight excluding hydrogens is 386 g/mol. The van der Waals surface area contributed by atoms with Crippen LogP contribution in [0.4, 0.5) is 4.39 Å². The predicted molar refractivity (Wildman–Crippen MR) is 120 cm³/mol. The minimum Gasteiger partial charge on any atom is -0.493 e.